The van der Waals surface area contributed by atoms with E-state index in [9.17, 15) is 30.3 Å². The van der Waals surface area contributed by atoms with E-state index < -0.39 is 42.6 Å². The van der Waals surface area contributed by atoms with Gasteiger partial charge < -0.3 is 35.4 Å². The molecule has 8 nitrogen and oxygen atoms in total. The molecule has 0 aliphatic carbocycles. The molecule has 18 heavy (non-hydrogen) atoms. The van der Waals surface area contributed by atoms with Gasteiger partial charge in [0.05, 0.1) is 12.7 Å². The van der Waals surface area contributed by atoms with Crippen molar-refractivity contribution in [2.24, 2.45) is 0 Å². The van der Waals surface area contributed by atoms with Crippen molar-refractivity contribution in [2.45, 2.75) is 49.5 Å². The lowest BCUT2D eigenvalue weighted by Crippen LogP contribution is -2.61. The van der Waals surface area contributed by atoms with Gasteiger partial charge in [0.1, 0.15) is 18.3 Å². The van der Waals surface area contributed by atoms with Crippen LogP contribution < -0.4 is 0 Å². The van der Waals surface area contributed by atoms with Crippen LogP contribution in [-0.4, -0.2) is 73.4 Å². The zero-order chi connectivity index (χ0) is 13.9. The molecule has 1 heterocycles. The number of hydrogen-bond donors (Lipinski definition) is 6. The van der Waals surface area contributed by atoms with Crippen molar-refractivity contribution in [3.63, 3.8) is 0 Å². The third-order valence-electron chi connectivity index (χ3n) is 2.90. The van der Waals surface area contributed by atoms with Crippen LogP contribution in [0.3, 0.4) is 0 Å². The van der Waals surface area contributed by atoms with Gasteiger partial charge in [-0.1, -0.05) is 0 Å². The van der Waals surface area contributed by atoms with E-state index in [-0.39, 0.29) is 19.4 Å². The Morgan fingerprint density at radius 1 is 1.39 bits per heavy atom. The number of aliphatic hydroxyl groups is 5. The monoisotopic (exact) mass is 266 g/mol. The molecule has 106 valence electrons. The number of rotatable bonds is 5. The molecule has 1 aliphatic rings. The Morgan fingerprint density at radius 3 is 2.56 bits per heavy atom. The van der Waals surface area contributed by atoms with Crippen molar-refractivity contribution in [2.75, 3.05) is 6.61 Å². The lowest BCUT2D eigenvalue weighted by Gasteiger charge is -2.42. The summed E-state index contributed by atoms with van der Waals surface area (Å²) in [6.45, 7) is -0.389. The van der Waals surface area contributed by atoms with Crippen molar-refractivity contribution < 1.29 is 40.2 Å². The topological polar surface area (TPSA) is 148 Å². The van der Waals surface area contributed by atoms with Gasteiger partial charge in [0.25, 0.3) is 0 Å². The van der Waals surface area contributed by atoms with Gasteiger partial charge in [-0.2, -0.15) is 0 Å². The molecule has 2 unspecified atom stereocenters. The normalized spacial score (nSPS) is 38.4. The van der Waals surface area contributed by atoms with Crippen LogP contribution in [0.15, 0.2) is 0 Å². The SMILES string of the molecule is O=C(O)CCC(O)CC1(O)OC[C@@H](O)[C@H](O)[C@H]1O. The molecule has 0 aromatic rings. The molecule has 8 heteroatoms. The number of carboxylic acids is 1. The van der Waals surface area contributed by atoms with E-state index in [1.54, 1.807) is 0 Å². The Morgan fingerprint density at radius 2 is 2.00 bits per heavy atom. The maximum atomic E-state index is 10.3. The van der Waals surface area contributed by atoms with Crippen molar-refractivity contribution in [3.05, 3.63) is 0 Å². The summed E-state index contributed by atoms with van der Waals surface area (Å²) in [5.74, 6) is -3.29. The number of aliphatic carboxylic acids is 1. The fourth-order valence-corrected chi connectivity index (χ4v) is 1.80. The van der Waals surface area contributed by atoms with Crippen LogP contribution >= 0.6 is 0 Å². The summed E-state index contributed by atoms with van der Waals surface area (Å²) in [7, 11) is 0. The minimum Gasteiger partial charge on any atom is -0.481 e. The third kappa shape index (κ3) is 3.61. The Bertz CT molecular complexity index is 296. The summed E-state index contributed by atoms with van der Waals surface area (Å²) < 4.78 is 4.83. The van der Waals surface area contributed by atoms with Crippen LogP contribution in [0.1, 0.15) is 19.3 Å². The van der Waals surface area contributed by atoms with Crippen LogP contribution in [0.25, 0.3) is 0 Å². The van der Waals surface area contributed by atoms with Gasteiger partial charge in [-0.25, -0.2) is 0 Å². The van der Waals surface area contributed by atoms with E-state index in [0.29, 0.717) is 0 Å². The number of hydrogen-bond acceptors (Lipinski definition) is 7. The standard InChI is InChI=1S/C10H18O8/c11-5(1-2-7(13)14)3-10(17)9(16)8(15)6(12)4-18-10/h5-6,8-9,11-12,15-17H,1-4H2,(H,13,14)/t5?,6-,8+,9-,10?/m1/s1. The summed E-state index contributed by atoms with van der Waals surface area (Å²) >= 11 is 0. The second kappa shape index (κ2) is 5.91. The van der Waals surface area contributed by atoms with Crippen molar-refractivity contribution in [3.8, 4) is 0 Å². The lowest BCUT2D eigenvalue weighted by atomic mass is 9.91. The molecule has 1 saturated heterocycles. The van der Waals surface area contributed by atoms with Gasteiger partial charge in [0, 0.05) is 12.8 Å². The molecule has 0 bridgehead atoms. The van der Waals surface area contributed by atoms with Gasteiger partial charge in [-0.15, -0.1) is 0 Å². The summed E-state index contributed by atoms with van der Waals surface area (Å²) in [6.07, 6.45) is -6.76. The average Bonchev–Trinajstić information content (AvgIpc) is 2.29. The highest BCUT2D eigenvalue weighted by molar-refractivity contribution is 5.66. The first kappa shape index (κ1) is 15.3. The predicted molar refractivity (Wildman–Crippen MR) is 56.4 cm³/mol. The molecule has 0 spiro atoms. The molecule has 0 aromatic carbocycles. The van der Waals surface area contributed by atoms with Crippen molar-refractivity contribution >= 4 is 5.97 Å². The average molecular weight is 266 g/mol. The molecular weight excluding hydrogens is 248 g/mol. The van der Waals surface area contributed by atoms with Crippen molar-refractivity contribution in [1.82, 2.24) is 0 Å². The van der Waals surface area contributed by atoms with E-state index >= 15 is 0 Å². The van der Waals surface area contributed by atoms with Gasteiger partial charge >= 0.3 is 5.97 Å². The number of ether oxygens (including phenoxy) is 1. The third-order valence-corrected chi connectivity index (χ3v) is 2.90. The smallest absolute Gasteiger partial charge is 0.303 e. The highest BCUT2D eigenvalue weighted by Crippen LogP contribution is 2.29. The van der Waals surface area contributed by atoms with E-state index in [2.05, 4.69) is 0 Å². The molecule has 1 rings (SSSR count). The van der Waals surface area contributed by atoms with Crippen LogP contribution in [0.5, 0.6) is 0 Å². The Balaban J connectivity index is 2.55. The minimum atomic E-state index is -2.20. The molecule has 0 aromatic heterocycles. The second-order valence-electron chi connectivity index (χ2n) is 4.45. The van der Waals surface area contributed by atoms with E-state index in [4.69, 9.17) is 9.84 Å². The molecule has 0 radical (unpaired) electrons. The van der Waals surface area contributed by atoms with Gasteiger partial charge in [-0.05, 0) is 6.42 Å². The van der Waals surface area contributed by atoms with Crippen molar-refractivity contribution in [1.29, 1.82) is 0 Å². The van der Waals surface area contributed by atoms with Crippen LogP contribution in [0.4, 0.5) is 0 Å². The molecule has 1 fully saturated rings. The largest absolute Gasteiger partial charge is 0.481 e. The Labute approximate surface area is 103 Å². The quantitative estimate of drug-likeness (QED) is 0.317. The second-order valence-corrected chi connectivity index (χ2v) is 4.45. The first-order chi connectivity index (χ1) is 8.26. The summed E-state index contributed by atoms with van der Waals surface area (Å²) in [5, 5.41) is 56.1. The summed E-state index contributed by atoms with van der Waals surface area (Å²) in [4.78, 5) is 10.3. The highest BCUT2D eigenvalue weighted by atomic mass is 16.6. The first-order valence-electron chi connectivity index (χ1n) is 5.56. The molecular formula is C10H18O8. The van der Waals surface area contributed by atoms with Crippen LogP contribution in [-0.2, 0) is 9.53 Å². The van der Waals surface area contributed by atoms with Gasteiger partial charge in [-0.3, -0.25) is 4.79 Å². The lowest BCUT2D eigenvalue weighted by molar-refractivity contribution is -0.329. The van der Waals surface area contributed by atoms with E-state index in [1.165, 1.54) is 0 Å². The predicted octanol–water partition coefficient (Wildman–Crippen LogP) is -2.60. The fraction of sp³-hybridized carbons (Fsp3) is 0.900. The van der Waals surface area contributed by atoms with Gasteiger partial charge in [0.15, 0.2) is 5.79 Å². The summed E-state index contributed by atoms with van der Waals surface area (Å²) in [5.41, 5.74) is 0. The maximum Gasteiger partial charge on any atom is 0.303 e. The van der Waals surface area contributed by atoms with E-state index in [0.717, 1.165) is 0 Å². The first-order valence-corrected chi connectivity index (χ1v) is 5.56. The molecule has 6 N–H and O–H groups in total. The molecule has 1 aliphatic heterocycles. The highest BCUT2D eigenvalue weighted by Gasteiger charge is 2.49. The zero-order valence-electron chi connectivity index (χ0n) is 9.64. The summed E-state index contributed by atoms with van der Waals surface area (Å²) in [6, 6.07) is 0. The zero-order valence-corrected chi connectivity index (χ0v) is 9.64. The van der Waals surface area contributed by atoms with Crippen LogP contribution in [0.2, 0.25) is 0 Å². The Kier molecular flexibility index (Phi) is 5.02. The fourth-order valence-electron chi connectivity index (χ4n) is 1.80. The molecule has 0 saturated carbocycles. The van der Waals surface area contributed by atoms with Crippen LogP contribution in [0, 0.1) is 0 Å². The van der Waals surface area contributed by atoms with E-state index in [1.807, 2.05) is 0 Å². The Hall–Kier alpha value is -0.770. The van der Waals surface area contributed by atoms with Gasteiger partial charge in [0.2, 0.25) is 0 Å². The number of carboxylic acid groups (broad SMARTS) is 1. The minimum absolute atomic E-state index is 0.119. The maximum absolute atomic E-state index is 10.3. The number of aliphatic hydroxyl groups excluding tert-OH is 4. The number of carbonyl (C=O) groups is 1. The molecule has 0 amide bonds. The molecule has 5 atom stereocenters.